The van der Waals surface area contributed by atoms with Gasteiger partial charge >= 0.3 is 0 Å². The van der Waals surface area contributed by atoms with Crippen LogP contribution in [0.2, 0.25) is 10.0 Å². The zero-order valence-corrected chi connectivity index (χ0v) is 11.2. The van der Waals surface area contributed by atoms with Crippen LogP contribution in [0, 0.1) is 0 Å². The van der Waals surface area contributed by atoms with E-state index in [9.17, 15) is 9.59 Å². The van der Waals surface area contributed by atoms with Crippen molar-refractivity contribution in [3.8, 4) is 0 Å². The average molecular weight is 298 g/mol. The number of nitrogens with zero attached hydrogens (tertiary/aromatic N) is 2. The van der Waals surface area contributed by atoms with E-state index in [0.29, 0.717) is 16.6 Å². The molecule has 0 aliphatic carbocycles. The third-order valence-electron chi connectivity index (χ3n) is 3.20. The van der Waals surface area contributed by atoms with Crippen molar-refractivity contribution in [3.05, 3.63) is 27.7 Å². The van der Waals surface area contributed by atoms with E-state index in [1.165, 1.54) is 0 Å². The third-order valence-corrected chi connectivity index (χ3v) is 4.04. The summed E-state index contributed by atoms with van der Waals surface area (Å²) in [6, 6.07) is 2.93. The number of amides is 2. The van der Waals surface area contributed by atoms with Gasteiger partial charge in [-0.15, -0.1) is 0 Å². The Kier molecular flexibility index (Phi) is 2.95. The molecule has 1 unspecified atom stereocenters. The van der Waals surface area contributed by atoms with Crippen LogP contribution >= 0.6 is 23.2 Å². The van der Waals surface area contributed by atoms with Crippen LogP contribution in [-0.2, 0) is 16.1 Å². The maximum absolute atomic E-state index is 11.7. The summed E-state index contributed by atoms with van der Waals surface area (Å²) in [5.41, 5.74) is 1.50. The van der Waals surface area contributed by atoms with Gasteiger partial charge in [0.2, 0.25) is 11.8 Å². The van der Waals surface area contributed by atoms with E-state index in [0.717, 1.165) is 11.3 Å². The highest BCUT2D eigenvalue weighted by molar-refractivity contribution is 6.42. The van der Waals surface area contributed by atoms with Crippen LogP contribution in [0.15, 0.2) is 17.1 Å². The van der Waals surface area contributed by atoms with Crippen molar-refractivity contribution in [2.75, 3.05) is 0 Å². The molecular formula is C12H9Cl2N3O2. The van der Waals surface area contributed by atoms with Gasteiger partial charge in [-0.05, 0) is 12.1 Å². The molecular weight excluding hydrogens is 289 g/mol. The first-order valence-electron chi connectivity index (χ1n) is 5.67. The Labute approximate surface area is 119 Å². The average Bonchev–Trinajstić information content (AvgIpc) is 2.73. The van der Waals surface area contributed by atoms with E-state index in [2.05, 4.69) is 10.3 Å². The maximum atomic E-state index is 11.7. The van der Waals surface area contributed by atoms with Crippen LogP contribution in [0.1, 0.15) is 12.0 Å². The molecule has 5 nitrogen and oxygen atoms in total. The summed E-state index contributed by atoms with van der Waals surface area (Å²) >= 11 is 12.1. The van der Waals surface area contributed by atoms with Crippen molar-refractivity contribution < 1.29 is 9.59 Å². The molecule has 0 saturated carbocycles. The number of benzene rings is 1. The normalized spacial score (nSPS) is 21.6. The topological polar surface area (TPSA) is 61.8 Å². The fourth-order valence-electron chi connectivity index (χ4n) is 2.21. The number of fused-ring (bicyclic) bond motifs is 1. The lowest BCUT2D eigenvalue weighted by Crippen LogP contribution is -2.40. The second-order valence-electron chi connectivity index (χ2n) is 4.41. The molecule has 19 heavy (non-hydrogen) atoms. The van der Waals surface area contributed by atoms with Crippen LogP contribution in [0.4, 0.5) is 5.69 Å². The Morgan fingerprint density at radius 3 is 2.79 bits per heavy atom. The highest BCUT2D eigenvalue weighted by Crippen LogP contribution is 2.36. The zero-order chi connectivity index (χ0) is 13.6. The maximum Gasteiger partial charge on any atom is 0.249 e. The van der Waals surface area contributed by atoms with Gasteiger partial charge in [0.25, 0.3) is 0 Å². The van der Waals surface area contributed by atoms with Gasteiger partial charge in [0, 0.05) is 12.1 Å². The lowest BCUT2D eigenvalue weighted by atomic mass is 10.1. The molecule has 1 aromatic carbocycles. The van der Waals surface area contributed by atoms with Crippen LogP contribution < -0.4 is 5.32 Å². The molecule has 3 rings (SSSR count). The van der Waals surface area contributed by atoms with E-state index in [-0.39, 0.29) is 18.2 Å². The van der Waals surface area contributed by atoms with Crippen LogP contribution in [0.5, 0.6) is 0 Å². The van der Waals surface area contributed by atoms with E-state index in [1.807, 2.05) is 0 Å². The SMILES string of the molecule is O=C1CC(N2C=Nc3ccc(Cl)c(Cl)c3C2)C(=O)N1. The summed E-state index contributed by atoms with van der Waals surface area (Å²) in [5.74, 6) is -0.579. The fraction of sp³-hybridized carbons (Fsp3) is 0.250. The van der Waals surface area contributed by atoms with Gasteiger partial charge in [-0.2, -0.15) is 0 Å². The van der Waals surface area contributed by atoms with E-state index in [1.54, 1.807) is 23.4 Å². The Balaban J connectivity index is 1.92. The molecule has 1 aromatic rings. The molecule has 7 heteroatoms. The predicted octanol–water partition coefficient (Wildman–Crippen LogP) is 1.88. The second-order valence-corrected chi connectivity index (χ2v) is 5.19. The highest BCUT2D eigenvalue weighted by atomic mass is 35.5. The largest absolute Gasteiger partial charge is 0.346 e. The number of hydrogen-bond donors (Lipinski definition) is 1. The third kappa shape index (κ3) is 2.09. The second kappa shape index (κ2) is 4.51. The molecule has 2 aliphatic heterocycles. The molecule has 0 spiro atoms. The zero-order valence-electron chi connectivity index (χ0n) is 9.69. The van der Waals surface area contributed by atoms with Gasteiger partial charge < -0.3 is 4.90 Å². The number of aliphatic imine (C=N–C) groups is 1. The van der Waals surface area contributed by atoms with Crippen molar-refractivity contribution >= 4 is 47.0 Å². The fourth-order valence-corrected chi connectivity index (χ4v) is 2.61. The quantitative estimate of drug-likeness (QED) is 0.805. The first kappa shape index (κ1) is 12.4. The van der Waals surface area contributed by atoms with Crippen molar-refractivity contribution in [1.82, 2.24) is 10.2 Å². The molecule has 2 aliphatic rings. The molecule has 1 saturated heterocycles. The van der Waals surface area contributed by atoms with Crippen molar-refractivity contribution in [2.45, 2.75) is 19.0 Å². The molecule has 1 N–H and O–H groups in total. The van der Waals surface area contributed by atoms with Gasteiger partial charge in [0.15, 0.2) is 0 Å². The van der Waals surface area contributed by atoms with E-state index >= 15 is 0 Å². The molecule has 98 valence electrons. The van der Waals surface area contributed by atoms with Gasteiger partial charge in [0.05, 0.1) is 28.5 Å². The molecule has 1 atom stereocenters. The van der Waals surface area contributed by atoms with E-state index in [4.69, 9.17) is 23.2 Å². The number of rotatable bonds is 1. The lowest BCUT2D eigenvalue weighted by Gasteiger charge is -2.28. The minimum absolute atomic E-state index is 0.137. The van der Waals surface area contributed by atoms with Gasteiger partial charge in [-0.25, -0.2) is 4.99 Å². The first-order chi connectivity index (χ1) is 9.06. The summed E-state index contributed by atoms with van der Waals surface area (Å²) in [5, 5.41) is 3.16. The molecule has 0 bridgehead atoms. The minimum Gasteiger partial charge on any atom is -0.346 e. The van der Waals surface area contributed by atoms with Crippen molar-refractivity contribution in [1.29, 1.82) is 0 Å². The Hall–Kier alpha value is -1.59. The number of carbonyl (C=O) groups excluding carboxylic acids is 2. The molecule has 0 radical (unpaired) electrons. The van der Waals surface area contributed by atoms with Gasteiger partial charge in [-0.3, -0.25) is 14.9 Å². The number of hydrogen-bond acceptors (Lipinski definition) is 4. The molecule has 2 amide bonds. The first-order valence-corrected chi connectivity index (χ1v) is 6.42. The van der Waals surface area contributed by atoms with Crippen molar-refractivity contribution in [2.24, 2.45) is 4.99 Å². The summed E-state index contributed by atoms with van der Waals surface area (Å²) in [7, 11) is 0. The number of halogens is 2. The van der Waals surface area contributed by atoms with Gasteiger partial charge in [0.1, 0.15) is 6.04 Å². The Morgan fingerprint density at radius 1 is 1.32 bits per heavy atom. The Morgan fingerprint density at radius 2 is 2.11 bits per heavy atom. The van der Waals surface area contributed by atoms with Crippen LogP contribution in [-0.4, -0.2) is 29.1 Å². The summed E-state index contributed by atoms with van der Waals surface area (Å²) in [6.07, 6.45) is 1.70. The highest BCUT2D eigenvalue weighted by Gasteiger charge is 2.35. The lowest BCUT2D eigenvalue weighted by molar-refractivity contribution is -0.125. The van der Waals surface area contributed by atoms with Crippen molar-refractivity contribution in [3.63, 3.8) is 0 Å². The summed E-state index contributed by atoms with van der Waals surface area (Å²) in [6.45, 7) is 0.406. The summed E-state index contributed by atoms with van der Waals surface area (Å²) in [4.78, 5) is 28.8. The Bertz CT molecular complexity index is 615. The van der Waals surface area contributed by atoms with Crippen LogP contribution in [0.25, 0.3) is 0 Å². The predicted molar refractivity (Wildman–Crippen MR) is 71.7 cm³/mol. The monoisotopic (exact) mass is 297 g/mol. The molecule has 0 aromatic heterocycles. The number of imide groups is 1. The van der Waals surface area contributed by atoms with Gasteiger partial charge in [-0.1, -0.05) is 23.2 Å². The minimum atomic E-state index is -0.528. The van der Waals surface area contributed by atoms with E-state index < -0.39 is 6.04 Å². The van der Waals surface area contributed by atoms with Crippen LogP contribution in [0.3, 0.4) is 0 Å². The molecule has 1 fully saturated rings. The number of carbonyl (C=O) groups is 2. The standard InChI is InChI=1S/C12H9Cl2N3O2/c13-7-1-2-8-6(11(7)14)4-17(5-15-8)9-3-10(18)16-12(9)19/h1-2,5,9H,3-4H2,(H,16,18,19). The smallest absolute Gasteiger partial charge is 0.249 e. The molecule has 2 heterocycles. The number of nitrogens with one attached hydrogen (secondary N) is 1. The summed E-state index contributed by atoms with van der Waals surface area (Å²) < 4.78 is 0.